The third-order valence-corrected chi connectivity index (χ3v) is 12.8. The van der Waals surface area contributed by atoms with Crippen LogP contribution in [0.3, 0.4) is 0 Å². The molecule has 2 fully saturated rings. The van der Waals surface area contributed by atoms with Gasteiger partial charge in [-0.15, -0.1) is 0 Å². The molecule has 66 heavy (non-hydrogen) atoms. The Kier molecular flexibility index (Phi) is 15.2. The molecule has 0 aliphatic carbocycles. The number of carbonyl (C=O) groups is 2. The van der Waals surface area contributed by atoms with Crippen LogP contribution in [0, 0.1) is 0 Å². The highest BCUT2D eigenvalue weighted by molar-refractivity contribution is 6.15. The first kappa shape index (κ1) is 47.4. The van der Waals surface area contributed by atoms with E-state index in [1.807, 2.05) is 62.4 Å². The molecule has 0 spiro atoms. The van der Waals surface area contributed by atoms with Crippen molar-refractivity contribution in [2.24, 2.45) is 10.2 Å². The average molecular weight is 905 g/mol. The maximum Gasteiger partial charge on any atom is 0.337 e. The van der Waals surface area contributed by atoms with E-state index in [1.165, 1.54) is 10.0 Å². The maximum absolute atomic E-state index is 12.6. The fourth-order valence-electron chi connectivity index (χ4n) is 9.01. The predicted molar refractivity (Wildman–Crippen MR) is 257 cm³/mol. The number of rotatable bonds is 8. The van der Waals surface area contributed by atoms with E-state index in [4.69, 9.17) is 29.2 Å². The quantitative estimate of drug-likeness (QED) is 0.164. The second-order valence-electron chi connectivity index (χ2n) is 17.1. The number of carbonyl (C=O) groups excluding carboxylic acids is 2. The molecule has 2 saturated heterocycles. The van der Waals surface area contributed by atoms with Gasteiger partial charge in [-0.25, -0.2) is 19.6 Å². The van der Waals surface area contributed by atoms with Gasteiger partial charge < -0.3 is 49.6 Å². The number of methoxy groups -OCH3 is 4. The summed E-state index contributed by atoms with van der Waals surface area (Å²) in [6.07, 6.45) is 3.97. The van der Waals surface area contributed by atoms with E-state index in [0.29, 0.717) is 47.3 Å². The number of aliphatic hydroxyl groups is 2. The van der Waals surface area contributed by atoms with Crippen LogP contribution >= 0.6 is 0 Å². The molecular formula is C50H64N8O8. The topological polar surface area (TPSA) is 173 Å². The van der Waals surface area contributed by atoms with Gasteiger partial charge in [-0.2, -0.15) is 10.2 Å². The van der Waals surface area contributed by atoms with Crippen molar-refractivity contribution in [3.8, 4) is 23.0 Å². The van der Waals surface area contributed by atoms with E-state index < -0.39 is 0 Å². The number of hydrazone groups is 2. The third-order valence-electron chi connectivity index (χ3n) is 12.8. The van der Waals surface area contributed by atoms with Crippen molar-refractivity contribution in [1.29, 1.82) is 0 Å². The van der Waals surface area contributed by atoms with Gasteiger partial charge in [-0.05, 0) is 112 Å². The minimum absolute atomic E-state index is 0.140. The van der Waals surface area contributed by atoms with E-state index in [0.717, 1.165) is 96.6 Å². The summed E-state index contributed by atoms with van der Waals surface area (Å²) in [7, 11) is 9.68. The summed E-state index contributed by atoms with van der Waals surface area (Å²) in [4.78, 5) is 29.8. The molecule has 4 aliphatic heterocycles. The minimum atomic E-state index is -0.254. The molecule has 4 aromatic carbocycles. The Labute approximate surface area is 387 Å². The number of aliphatic hydroxyl groups excluding tert-OH is 2. The summed E-state index contributed by atoms with van der Waals surface area (Å²) in [5.41, 5.74) is 9.38. The first-order valence-electron chi connectivity index (χ1n) is 22.7. The summed E-state index contributed by atoms with van der Waals surface area (Å²) < 4.78 is 22.2. The number of anilines is 2. The number of urea groups is 2. The molecule has 4 amide bonds. The molecule has 0 bridgehead atoms. The normalized spacial score (nSPS) is 18.8. The van der Waals surface area contributed by atoms with E-state index in [2.05, 4.69) is 44.7 Å². The summed E-state index contributed by atoms with van der Waals surface area (Å²) in [6.45, 7) is 7.31. The third kappa shape index (κ3) is 10.3. The van der Waals surface area contributed by atoms with Crippen molar-refractivity contribution in [1.82, 2.24) is 20.7 Å². The highest BCUT2D eigenvalue weighted by Gasteiger charge is 2.31. The van der Waals surface area contributed by atoms with Gasteiger partial charge in [0.05, 0.1) is 64.2 Å². The molecule has 1 unspecified atom stereocenters. The first-order chi connectivity index (χ1) is 31.9. The molecule has 4 N–H and O–H groups in total. The van der Waals surface area contributed by atoms with E-state index >= 15 is 0 Å². The summed E-state index contributed by atoms with van der Waals surface area (Å²) in [6, 6.07) is 23.5. The van der Waals surface area contributed by atoms with Crippen molar-refractivity contribution < 1.29 is 38.7 Å². The summed E-state index contributed by atoms with van der Waals surface area (Å²) in [5, 5.41) is 37.6. The first-order valence-corrected chi connectivity index (χ1v) is 22.7. The van der Waals surface area contributed by atoms with Crippen LogP contribution in [0.5, 0.6) is 23.0 Å². The van der Waals surface area contributed by atoms with Crippen LogP contribution in [-0.2, 0) is 12.8 Å². The van der Waals surface area contributed by atoms with Crippen LogP contribution in [0.15, 0.2) is 83.0 Å². The minimum Gasteiger partial charge on any atom is -0.493 e. The fourth-order valence-corrected chi connectivity index (χ4v) is 9.01. The number of nitrogens with zero attached hydrogens (tertiary/aromatic N) is 6. The number of amides is 4. The molecule has 4 heterocycles. The van der Waals surface area contributed by atoms with Gasteiger partial charge in [-0.3, -0.25) is 0 Å². The highest BCUT2D eigenvalue weighted by atomic mass is 16.5. The zero-order valence-electron chi connectivity index (χ0n) is 39.3. The number of piperidine rings is 2. The maximum atomic E-state index is 12.6. The largest absolute Gasteiger partial charge is 0.493 e. The van der Waals surface area contributed by atoms with Gasteiger partial charge in [0.2, 0.25) is 0 Å². The van der Waals surface area contributed by atoms with Crippen LogP contribution in [0.25, 0.3) is 0 Å². The molecule has 4 aromatic rings. The molecule has 0 saturated carbocycles. The van der Waals surface area contributed by atoms with Crippen LogP contribution in [0.4, 0.5) is 21.0 Å². The van der Waals surface area contributed by atoms with Crippen molar-refractivity contribution in [3.63, 3.8) is 0 Å². The van der Waals surface area contributed by atoms with E-state index in [1.54, 1.807) is 42.5 Å². The second-order valence-corrected chi connectivity index (χ2v) is 17.1. The fraction of sp³-hybridized carbons (Fsp3) is 0.440. The lowest BCUT2D eigenvalue weighted by atomic mass is 9.93. The Morgan fingerprint density at radius 1 is 0.545 bits per heavy atom. The molecule has 16 heteroatoms. The standard InChI is InChI=1S/2C25H32N4O4/c2*1-16-13-18-14-22(32-3)23(33-4)15-21(18)24(27-29(16)25(31)26-2)17-5-7-19(8-6-17)28-11-9-20(30)10-12-28/h2*5-8,14-16,20,30H,9-13H2,1-4H3,(H,26,31)/t16-;/m0./s1. The van der Waals surface area contributed by atoms with Gasteiger partial charge in [0.1, 0.15) is 0 Å². The summed E-state index contributed by atoms with van der Waals surface area (Å²) in [5.74, 6) is 2.54. The number of hydrogen-bond donors (Lipinski definition) is 4. The molecule has 2 atom stereocenters. The number of benzene rings is 4. The van der Waals surface area contributed by atoms with Crippen molar-refractivity contribution in [3.05, 3.63) is 106 Å². The van der Waals surface area contributed by atoms with Gasteiger partial charge in [-0.1, -0.05) is 24.3 Å². The molecule has 352 valence electrons. The highest BCUT2D eigenvalue weighted by Crippen LogP contribution is 2.37. The molecule has 0 aromatic heterocycles. The lowest BCUT2D eigenvalue weighted by Crippen LogP contribution is -2.41. The Morgan fingerprint density at radius 3 is 1.17 bits per heavy atom. The van der Waals surface area contributed by atoms with Crippen LogP contribution < -0.4 is 39.4 Å². The molecule has 16 nitrogen and oxygen atoms in total. The molecular weight excluding hydrogens is 841 g/mol. The SMILES string of the molecule is CNC(=O)N1N=C(c2ccc(N3CCC(O)CC3)cc2)c2cc(OC)c(OC)cc2CC1C.CNC(=O)N1N=C(c2ccc(N3CCC(O)CC3)cc2)c2cc(OC)c(OC)cc2C[C@@H]1C. The van der Waals surface area contributed by atoms with Crippen molar-refractivity contribution in [2.45, 2.75) is 76.7 Å². The Bertz CT molecular complexity index is 2230. The number of nitrogens with one attached hydrogen (secondary N) is 2. The Morgan fingerprint density at radius 2 is 0.864 bits per heavy atom. The second kappa shape index (κ2) is 21.2. The average Bonchev–Trinajstić information content (AvgIpc) is 3.58. The Hall–Kier alpha value is -6.52. The smallest absolute Gasteiger partial charge is 0.337 e. The number of fused-ring (bicyclic) bond motifs is 2. The Balaban J connectivity index is 0.000000196. The lowest BCUT2D eigenvalue weighted by molar-refractivity contribution is 0.145. The van der Waals surface area contributed by atoms with Crippen LogP contribution in [0.1, 0.15) is 72.9 Å². The molecule has 8 rings (SSSR count). The monoisotopic (exact) mass is 904 g/mol. The number of ether oxygens (including phenoxy) is 4. The van der Waals surface area contributed by atoms with Gasteiger partial charge >= 0.3 is 12.1 Å². The van der Waals surface area contributed by atoms with Gasteiger partial charge in [0.25, 0.3) is 0 Å². The van der Waals surface area contributed by atoms with Crippen molar-refractivity contribution >= 4 is 34.9 Å². The van der Waals surface area contributed by atoms with E-state index in [-0.39, 0.29) is 36.4 Å². The van der Waals surface area contributed by atoms with Gasteiger partial charge in [0, 0.05) is 73.9 Å². The molecule has 0 radical (unpaired) electrons. The zero-order chi connectivity index (χ0) is 47.1. The molecule has 4 aliphatic rings. The van der Waals surface area contributed by atoms with Gasteiger partial charge in [0.15, 0.2) is 23.0 Å². The van der Waals surface area contributed by atoms with Crippen LogP contribution in [-0.4, -0.2) is 137 Å². The van der Waals surface area contributed by atoms with Crippen LogP contribution in [0.2, 0.25) is 0 Å². The summed E-state index contributed by atoms with van der Waals surface area (Å²) >= 11 is 0. The number of hydrogen-bond acceptors (Lipinski definition) is 12. The van der Waals surface area contributed by atoms with Crippen molar-refractivity contribution in [2.75, 3.05) is 78.5 Å². The predicted octanol–water partition coefficient (Wildman–Crippen LogP) is 6.01. The zero-order valence-corrected chi connectivity index (χ0v) is 39.3. The van der Waals surface area contributed by atoms with E-state index in [9.17, 15) is 19.8 Å². The lowest BCUT2D eigenvalue weighted by Gasteiger charge is -2.31.